The van der Waals surface area contributed by atoms with Crippen molar-refractivity contribution in [2.24, 2.45) is 0 Å². The number of aromatic nitrogens is 2. The number of benzene rings is 2. The van der Waals surface area contributed by atoms with Gasteiger partial charge in [0.1, 0.15) is 5.82 Å². The highest BCUT2D eigenvalue weighted by molar-refractivity contribution is 14.1. The van der Waals surface area contributed by atoms with Crippen LogP contribution in [0, 0.1) is 9.39 Å². The van der Waals surface area contributed by atoms with Crippen molar-refractivity contribution in [3.8, 4) is 22.4 Å². The lowest BCUT2D eigenvalue weighted by Crippen LogP contribution is -1.90. The van der Waals surface area contributed by atoms with Crippen LogP contribution in [0.25, 0.3) is 22.4 Å². The zero-order valence-corrected chi connectivity index (χ0v) is 14.4. The van der Waals surface area contributed by atoms with Crippen molar-refractivity contribution in [2.45, 2.75) is 0 Å². The van der Waals surface area contributed by atoms with E-state index in [1.165, 1.54) is 12.1 Å². The number of anilines is 1. The number of halogens is 3. The van der Waals surface area contributed by atoms with E-state index in [-0.39, 0.29) is 5.82 Å². The van der Waals surface area contributed by atoms with Gasteiger partial charge in [0.05, 0.1) is 11.3 Å². The van der Waals surface area contributed by atoms with Gasteiger partial charge in [0, 0.05) is 13.6 Å². The summed E-state index contributed by atoms with van der Waals surface area (Å²) in [6.07, 6.45) is 0. The average Bonchev–Trinajstić information content (AvgIpc) is 2.80. The quantitative estimate of drug-likeness (QED) is 0.541. The molecule has 6 heteroatoms. The highest BCUT2D eigenvalue weighted by Crippen LogP contribution is 2.37. The first-order valence-electron chi connectivity index (χ1n) is 6.11. The molecule has 1 heterocycles. The summed E-state index contributed by atoms with van der Waals surface area (Å²) >= 11 is 5.56. The van der Waals surface area contributed by atoms with Crippen LogP contribution in [-0.4, -0.2) is 10.2 Å². The van der Waals surface area contributed by atoms with Crippen LogP contribution in [0.5, 0.6) is 0 Å². The third-order valence-electron chi connectivity index (χ3n) is 3.11. The molecule has 3 rings (SSSR count). The Morgan fingerprint density at radius 3 is 2.71 bits per heavy atom. The van der Waals surface area contributed by atoms with Crippen LogP contribution in [0.1, 0.15) is 0 Å². The molecule has 0 saturated carbocycles. The van der Waals surface area contributed by atoms with E-state index in [0.717, 1.165) is 30.4 Å². The number of nitrogens with zero attached hydrogens (tertiary/aromatic N) is 1. The number of rotatable bonds is 2. The first kappa shape index (κ1) is 14.5. The summed E-state index contributed by atoms with van der Waals surface area (Å²) in [4.78, 5) is 0. The minimum Gasteiger partial charge on any atom is -0.382 e. The van der Waals surface area contributed by atoms with Crippen molar-refractivity contribution in [1.82, 2.24) is 10.2 Å². The SMILES string of the molecule is Nc1n[nH]c(-c2ccc(F)cc2I)c1-c1cccc(Br)c1. The fraction of sp³-hybridized carbons (Fsp3) is 0. The first-order chi connectivity index (χ1) is 10.1. The minimum absolute atomic E-state index is 0.264. The lowest BCUT2D eigenvalue weighted by atomic mass is 10.0. The molecule has 0 saturated heterocycles. The predicted molar refractivity (Wildman–Crippen MR) is 94.2 cm³/mol. The molecule has 3 nitrogen and oxygen atoms in total. The second-order valence-corrected chi connectivity index (χ2v) is 6.57. The monoisotopic (exact) mass is 457 g/mol. The summed E-state index contributed by atoms with van der Waals surface area (Å²) in [7, 11) is 0. The van der Waals surface area contributed by atoms with Crippen LogP contribution in [0.15, 0.2) is 46.9 Å². The molecule has 3 aromatic rings. The van der Waals surface area contributed by atoms with Gasteiger partial charge in [0.25, 0.3) is 0 Å². The van der Waals surface area contributed by atoms with Crippen molar-refractivity contribution >= 4 is 44.3 Å². The van der Waals surface area contributed by atoms with Gasteiger partial charge in [-0.3, -0.25) is 5.10 Å². The molecule has 0 radical (unpaired) electrons. The summed E-state index contributed by atoms with van der Waals surface area (Å²) in [6, 6.07) is 12.5. The molecule has 1 aromatic heterocycles. The Hall–Kier alpha value is -1.41. The number of hydrogen-bond acceptors (Lipinski definition) is 2. The molecule has 0 spiro atoms. The maximum Gasteiger partial charge on any atom is 0.153 e. The molecule has 3 N–H and O–H groups in total. The highest BCUT2D eigenvalue weighted by atomic mass is 127. The molecule has 0 bridgehead atoms. The maximum atomic E-state index is 13.3. The molecule has 2 aromatic carbocycles. The number of hydrogen-bond donors (Lipinski definition) is 2. The van der Waals surface area contributed by atoms with Gasteiger partial charge >= 0.3 is 0 Å². The number of nitrogens with one attached hydrogen (secondary N) is 1. The fourth-order valence-corrected chi connectivity index (χ4v) is 3.33. The van der Waals surface area contributed by atoms with E-state index >= 15 is 0 Å². The van der Waals surface area contributed by atoms with Gasteiger partial charge in [-0.15, -0.1) is 0 Å². The van der Waals surface area contributed by atoms with Crippen LogP contribution >= 0.6 is 38.5 Å². The lowest BCUT2D eigenvalue weighted by Gasteiger charge is -2.07. The molecule has 0 unspecified atom stereocenters. The van der Waals surface area contributed by atoms with Gasteiger partial charge in [-0.25, -0.2) is 4.39 Å². The molecule has 0 atom stereocenters. The van der Waals surface area contributed by atoms with Gasteiger partial charge < -0.3 is 5.73 Å². The van der Waals surface area contributed by atoms with E-state index in [2.05, 4.69) is 48.7 Å². The van der Waals surface area contributed by atoms with Gasteiger partial charge in [-0.05, 0) is 58.5 Å². The zero-order chi connectivity index (χ0) is 15.0. The van der Waals surface area contributed by atoms with E-state index < -0.39 is 0 Å². The van der Waals surface area contributed by atoms with Gasteiger partial charge in [-0.2, -0.15) is 5.10 Å². The van der Waals surface area contributed by atoms with Crippen molar-refractivity contribution in [2.75, 3.05) is 5.73 Å². The number of nitrogen functional groups attached to an aromatic ring is 1. The van der Waals surface area contributed by atoms with Gasteiger partial charge in [0.15, 0.2) is 5.82 Å². The van der Waals surface area contributed by atoms with Crippen LogP contribution in [0.3, 0.4) is 0 Å². The number of nitrogens with two attached hydrogens (primary N) is 1. The minimum atomic E-state index is -0.264. The van der Waals surface area contributed by atoms with Crippen molar-refractivity contribution in [1.29, 1.82) is 0 Å². The van der Waals surface area contributed by atoms with Crippen LogP contribution in [-0.2, 0) is 0 Å². The predicted octanol–water partition coefficient (Wildman–Crippen LogP) is 4.83. The smallest absolute Gasteiger partial charge is 0.153 e. The molecule has 0 amide bonds. The normalized spacial score (nSPS) is 10.8. The Balaban J connectivity index is 2.22. The van der Waals surface area contributed by atoms with Crippen molar-refractivity contribution in [3.05, 3.63) is 56.3 Å². The van der Waals surface area contributed by atoms with Gasteiger partial charge in [-0.1, -0.05) is 28.1 Å². The van der Waals surface area contributed by atoms with E-state index in [9.17, 15) is 4.39 Å². The summed E-state index contributed by atoms with van der Waals surface area (Å²) in [5.74, 6) is 0.155. The van der Waals surface area contributed by atoms with Gasteiger partial charge in [0.2, 0.25) is 0 Å². The molecule has 106 valence electrons. The number of aromatic amines is 1. The largest absolute Gasteiger partial charge is 0.382 e. The van der Waals surface area contributed by atoms with Crippen LogP contribution in [0.4, 0.5) is 10.2 Å². The first-order valence-corrected chi connectivity index (χ1v) is 7.98. The standard InChI is InChI=1S/C15H10BrFIN3/c16-9-3-1-2-8(6-9)13-14(20-21-15(13)19)11-5-4-10(17)7-12(11)18/h1-7H,(H3,19,20,21). The molecular weight excluding hydrogens is 448 g/mol. The van der Waals surface area contributed by atoms with E-state index in [1.807, 2.05) is 24.3 Å². The van der Waals surface area contributed by atoms with Crippen LogP contribution in [0.2, 0.25) is 0 Å². The second-order valence-electron chi connectivity index (χ2n) is 4.49. The summed E-state index contributed by atoms with van der Waals surface area (Å²) < 4.78 is 15.0. The molecule has 0 aliphatic rings. The molecule has 0 aliphatic carbocycles. The topological polar surface area (TPSA) is 54.7 Å². The fourth-order valence-electron chi connectivity index (χ4n) is 2.18. The van der Waals surface area contributed by atoms with Crippen molar-refractivity contribution < 1.29 is 4.39 Å². The van der Waals surface area contributed by atoms with E-state index in [4.69, 9.17) is 5.73 Å². The molecule has 0 fully saturated rings. The average molecular weight is 458 g/mol. The molecule has 21 heavy (non-hydrogen) atoms. The second kappa shape index (κ2) is 5.76. The third-order valence-corrected chi connectivity index (χ3v) is 4.49. The Labute approximate surface area is 143 Å². The molecular formula is C15H10BrFIN3. The van der Waals surface area contributed by atoms with Crippen molar-refractivity contribution in [3.63, 3.8) is 0 Å². The summed E-state index contributed by atoms with van der Waals surface area (Å²) in [5.41, 5.74) is 9.44. The Bertz CT molecular complexity index is 816. The van der Waals surface area contributed by atoms with E-state index in [1.54, 1.807) is 6.07 Å². The Morgan fingerprint density at radius 1 is 1.19 bits per heavy atom. The summed E-state index contributed by atoms with van der Waals surface area (Å²) in [5, 5.41) is 7.05. The maximum absolute atomic E-state index is 13.3. The third kappa shape index (κ3) is 2.82. The van der Waals surface area contributed by atoms with E-state index in [0.29, 0.717) is 5.82 Å². The lowest BCUT2D eigenvalue weighted by molar-refractivity contribution is 0.627. The summed E-state index contributed by atoms with van der Waals surface area (Å²) in [6.45, 7) is 0. The highest BCUT2D eigenvalue weighted by Gasteiger charge is 2.17. The molecule has 0 aliphatic heterocycles. The number of H-pyrrole nitrogens is 1. The van der Waals surface area contributed by atoms with Crippen LogP contribution < -0.4 is 5.73 Å². The Morgan fingerprint density at radius 2 is 2.00 bits per heavy atom. The Kier molecular flexibility index (Phi) is 3.99. The zero-order valence-electron chi connectivity index (χ0n) is 10.7.